The third-order valence-corrected chi connectivity index (χ3v) is 7.91. The van der Waals surface area contributed by atoms with Crippen LogP contribution in [0.15, 0.2) is 48.8 Å². The average molecular weight is 589 g/mol. The molecule has 1 amide bonds. The Hall–Kier alpha value is -3.90. The van der Waals surface area contributed by atoms with Gasteiger partial charge in [0.2, 0.25) is 11.5 Å². The van der Waals surface area contributed by atoms with Gasteiger partial charge in [-0.05, 0) is 37.6 Å². The highest BCUT2D eigenvalue weighted by atomic mass is 31.2. The highest BCUT2D eigenvalue weighted by molar-refractivity contribution is 7.52. The highest BCUT2D eigenvalue weighted by Crippen LogP contribution is 2.48. The van der Waals surface area contributed by atoms with Crippen molar-refractivity contribution in [2.75, 3.05) is 11.9 Å². The van der Waals surface area contributed by atoms with Gasteiger partial charge in [-0.3, -0.25) is 14.1 Å². The van der Waals surface area contributed by atoms with E-state index in [4.69, 9.17) is 13.8 Å². The summed E-state index contributed by atoms with van der Waals surface area (Å²) >= 11 is 0. The first kappa shape index (κ1) is 30.1. The van der Waals surface area contributed by atoms with Crippen LogP contribution in [-0.4, -0.2) is 72.3 Å². The summed E-state index contributed by atoms with van der Waals surface area (Å²) in [6.07, 6.45) is -2.73. The number of fused-ring (bicyclic) bond motifs is 1. The maximum atomic E-state index is 13.6. The number of amides is 1. The predicted octanol–water partition coefficient (Wildman–Crippen LogP) is 1.79. The smallest absolute Gasteiger partial charge is 0.459 e. The number of carbonyl (C=O) groups is 2. The molecule has 1 aliphatic heterocycles. The van der Waals surface area contributed by atoms with Crippen molar-refractivity contribution < 1.29 is 43.3 Å². The Morgan fingerprint density at radius 3 is 2.66 bits per heavy atom. The number of aliphatic carboxylic acids is 1. The summed E-state index contributed by atoms with van der Waals surface area (Å²) in [4.78, 5) is 27.6. The minimum Gasteiger partial charge on any atom is -0.480 e. The van der Waals surface area contributed by atoms with Crippen LogP contribution in [-0.2, 0) is 23.4 Å². The van der Waals surface area contributed by atoms with Crippen molar-refractivity contribution in [3.8, 4) is 11.8 Å². The van der Waals surface area contributed by atoms with Crippen molar-refractivity contribution in [1.29, 1.82) is 5.26 Å². The topological polar surface area (TPSA) is 218 Å². The van der Waals surface area contributed by atoms with Gasteiger partial charge in [-0.1, -0.05) is 25.1 Å². The molecule has 15 nitrogen and oxygen atoms in total. The van der Waals surface area contributed by atoms with E-state index in [0.29, 0.717) is 11.9 Å². The number of aliphatic hydroxyl groups is 2. The Morgan fingerprint density at radius 2 is 2.00 bits per heavy atom. The largest absolute Gasteiger partial charge is 0.480 e. The summed E-state index contributed by atoms with van der Waals surface area (Å²) in [5, 5.41) is 50.3. The standard InChI is InChI=1S/C25H29N6O9P/c1-3-7-19(32)29-23-18-11-10-17(31(18)28-14-27-23)21-20(33)22(34)25(12-26,39-21)13-38-41(37,30-15(2)24(35)36)40-16-8-5-4-6-9-16/h4-6,8-11,14-15,20-22,33-34H,3,7,13H2,1-2H3,(H,30,37)(H,35,36)(H,27,28,29,32)/t15?,20-,21-,22-,25+,41-/m0/s1. The second-order valence-electron chi connectivity index (χ2n) is 9.30. The molecule has 1 aromatic carbocycles. The number of nitrogens with one attached hydrogen (secondary N) is 2. The molecule has 1 saturated heterocycles. The Labute approximate surface area is 234 Å². The van der Waals surface area contributed by atoms with Crippen LogP contribution in [0.2, 0.25) is 0 Å². The van der Waals surface area contributed by atoms with Crippen molar-refractivity contribution >= 4 is 31.0 Å². The molecule has 3 aromatic rings. The number of carboxylic acids is 1. The number of nitriles is 1. The second kappa shape index (κ2) is 12.3. The van der Waals surface area contributed by atoms with E-state index in [1.54, 1.807) is 30.3 Å². The lowest BCUT2D eigenvalue weighted by Crippen LogP contribution is -2.46. The van der Waals surface area contributed by atoms with Crippen molar-refractivity contribution in [3.05, 3.63) is 54.5 Å². The summed E-state index contributed by atoms with van der Waals surface area (Å²) in [6, 6.07) is 11.3. The number of benzene rings is 1. The highest BCUT2D eigenvalue weighted by Gasteiger charge is 2.57. The maximum Gasteiger partial charge on any atom is 0.459 e. The minimum atomic E-state index is -4.47. The first-order valence-corrected chi connectivity index (χ1v) is 14.1. The van der Waals surface area contributed by atoms with Crippen LogP contribution in [0.4, 0.5) is 5.82 Å². The molecule has 16 heteroatoms. The van der Waals surface area contributed by atoms with Crippen LogP contribution < -0.4 is 14.9 Å². The lowest BCUT2D eigenvalue weighted by atomic mass is 9.96. The molecule has 1 unspecified atom stereocenters. The first-order valence-electron chi connectivity index (χ1n) is 12.6. The van der Waals surface area contributed by atoms with Gasteiger partial charge in [0.25, 0.3) is 0 Å². The summed E-state index contributed by atoms with van der Waals surface area (Å²) in [5.74, 6) is -1.30. The molecule has 0 saturated carbocycles. The lowest BCUT2D eigenvalue weighted by Gasteiger charge is -2.28. The van der Waals surface area contributed by atoms with E-state index >= 15 is 0 Å². The number of anilines is 1. The number of nitrogens with zero attached hydrogens (tertiary/aromatic N) is 4. The number of hydrogen-bond acceptors (Lipinski definition) is 11. The zero-order chi connectivity index (χ0) is 29.8. The lowest BCUT2D eigenvalue weighted by molar-refractivity contribution is -0.138. The van der Waals surface area contributed by atoms with Gasteiger partial charge in [-0.15, -0.1) is 0 Å². The summed E-state index contributed by atoms with van der Waals surface area (Å²) in [6.45, 7) is 2.19. The number of carboxylic acid groups (broad SMARTS) is 1. The molecule has 2 aromatic heterocycles. The summed E-state index contributed by atoms with van der Waals surface area (Å²) in [5.41, 5.74) is -1.66. The molecule has 1 fully saturated rings. The summed E-state index contributed by atoms with van der Waals surface area (Å²) < 4.78 is 31.7. The van der Waals surface area contributed by atoms with E-state index < -0.39 is 50.3 Å². The molecular weight excluding hydrogens is 559 g/mol. The Kier molecular flexibility index (Phi) is 9.03. The zero-order valence-electron chi connectivity index (χ0n) is 22.1. The number of ether oxygens (including phenoxy) is 1. The van der Waals surface area contributed by atoms with E-state index in [1.807, 2.05) is 6.92 Å². The molecule has 0 radical (unpaired) electrons. The molecular formula is C25H29N6O9P. The predicted molar refractivity (Wildman–Crippen MR) is 142 cm³/mol. The van der Waals surface area contributed by atoms with Crippen LogP contribution in [0.25, 0.3) is 5.52 Å². The number of hydrogen-bond donors (Lipinski definition) is 5. The van der Waals surface area contributed by atoms with E-state index in [1.165, 1.54) is 36.0 Å². The number of carbonyl (C=O) groups excluding carboxylic acids is 1. The van der Waals surface area contributed by atoms with Crippen LogP contribution in [0.5, 0.6) is 5.75 Å². The fraction of sp³-hybridized carbons (Fsp3) is 0.400. The molecule has 3 heterocycles. The first-order chi connectivity index (χ1) is 19.5. The van der Waals surface area contributed by atoms with Gasteiger partial charge in [-0.25, -0.2) is 14.1 Å². The fourth-order valence-electron chi connectivity index (χ4n) is 4.16. The van der Waals surface area contributed by atoms with Gasteiger partial charge < -0.3 is 29.9 Å². The molecule has 0 aliphatic carbocycles. The molecule has 0 bridgehead atoms. The van der Waals surface area contributed by atoms with Gasteiger partial charge >= 0.3 is 13.7 Å². The van der Waals surface area contributed by atoms with Crippen molar-refractivity contribution in [1.82, 2.24) is 19.7 Å². The molecule has 0 spiro atoms. The van der Waals surface area contributed by atoms with E-state index in [0.717, 1.165) is 0 Å². The van der Waals surface area contributed by atoms with Crippen molar-refractivity contribution in [3.63, 3.8) is 0 Å². The molecule has 41 heavy (non-hydrogen) atoms. The van der Waals surface area contributed by atoms with Gasteiger partial charge in [0.05, 0.1) is 5.69 Å². The van der Waals surface area contributed by atoms with Crippen LogP contribution >= 0.6 is 7.75 Å². The Morgan fingerprint density at radius 1 is 1.27 bits per heavy atom. The molecule has 218 valence electrons. The van der Waals surface area contributed by atoms with Crippen LogP contribution in [0.3, 0.4) is 0 Å². The van der Waals surface area contributed by atoms with Gasteiger partial charge in [0.1, 0.15) is 54.6 Å². The SMILES string of the molecule is CCCC(=O)Nc1ncnn2c([C@@H]3O[C@](C#N)(CO[P@@](=O)(NC(C)C(=O)O)Oc4ccccc4)[C@@H](O)[C@H]3O)ccc12. The third-order valence-electron chi connectivity index (χ3n) is 6.29. The fourth-order valence-corrected chi connectivity index (χ4v) is 5.68. The Bertz CT molecular complexity index is 1500. The summed E-state index contributed by atoms with van der Waals surface area (Å²) in [7, 11) is -4.47. The van der Waals surface area contributed by atoms with E-state index in [9.17, 15) is 34.7 Å². The van der Waals surface area contributed by atoms with E-state index in [2.05, 4.69) is 20.5 Å². The number of para-hydroxylation sites is 1. The molecule has 5 N–H and O–H groups in total. The quantitative estimate of drug-likeness (QED) is 0.191. The monoisotopic (exact) mass is 588 g/mol. The second-order valence-corrected chi connectivity index (χ2v) is 11.0. The molecule has 6 atom stereocenters. The minimum absolute atomic E-state index is 0.0823. The maximum absolute atomic E-state index is 13.6. The van der Waals surface area contributed by atoms with Gasteiger partial charge in [0.15, 0.2) is 5.82 Å². The average Bonchev–Trinajstić information content (AvgIpc) is 3.48. The van der Waals surface area contributed by atoms with Crippen molar-refractivity contribution in [2.45, 2.75) is 56.6 Å². The van der Waals surface area contributed by atoms with Gasteiger partial charge in [0, 0.05) is 6.42 Å². The molecule has 4 rings (SSSR count). The number of aromatic nitrogens is 3. The third kappa shape index (κ3) is 6.38. The number of aliphatic hydroxyl groups excluding tert-OH is 2. The molecule has 1 aliphatic rings. The van der Waals surface area contributed by atoms with Gasteiger partial charge in [-0.2, -0.15) is 15.4 Å². The van der Waals surface area contributed by atoms with Crippen LogP contribution in [0.1, 0.15) is 38.5 Å². The normalized spacial score (nSPS) is 24.3. The Balaban J connectivity index is 1.60. The van der Waals surface area contributed by atoms with Crippen LogP contribution in [0, 0.1) is 11.3 Å². The number of rotatable bonds is 12. The van der Waals surface area contributed by atoms with E-state index in [-0.39, 0.29) is 29.6 Å². The zero-order valence-corrected chi connectivity index (χ0v) is 23.0. The van der Waals surface area contributed by atoms with Crippen molar-refractivity contribution in [2.24, 2.45) is 0 Å².